The Hall–Kier alpha value is -1.35. The predicted octanol–water partition coefficient (Wildman–Crippen LogP) is 1.78. The molecule has 0 unspecified atom stereocenters. The fraction of sp³-hybridized carbons (Fsp3) is 0.588. The highest BCUT2D eigenvalue weighted by atomic mass is 35.5. The molecule has 2 N–H and O–H groups in total. The number of amides is 1. The minimum absolute atomic E-state index is 0. The van der Waals surface area contributed by atoms with Gasteiger partial charge in [-0.05, 0) is 56.9 Å². The number of sulfone groups is 1. The van der Waals surface area contributed by atoms with Crippen LogP contribution < -0.4 is 10.2 Å². The van der Waals surface area contributed by atoms with Crippen molar-refractivity contribution in [3.8, 4) is 5.75 Å². The molecule has 3 rings (SSSR count). The lowest BCUT2D eigenvalue weighted by atomic mass is 9.94. The summed E-state index contributed by atoms with van der Waals surface area (Å²) in [6, 6.07) is 6.60. The van der Waals surface area contributed by atoms with E-state index >= 15 is 0 Å². The lowest BCUT2D eigenvalue weighted by Gasteiger charge is -2.39. The van der Waals surface area contributed by atoms with Crippen LogP contribution in [-0.4, -0.2) is 54.9 Å². The van der Waals surface area contributed by atoms with Crippen molar-refractivity contribution >= 4 is 28.2 Å². The average molecular weight is 405 g/mol. The van der Waals surface area contributed by atoms with E-state index in [0.29, 0.717) is 31.5 Å². The van der Waals surface area contributed by atoms with Gasteiger partial charge in [0.15, 0.2) is 14.6 Å². The summed E-state index contributed by atoms with van der Waals surface area (Å²) < 4.78 is 30.2. The van der Waals surface area contributed by atoms with Crippen molar-refractivity contribution in [2.75, 3.05) is 19.7 Å². The molecule has 1 aromatic carbocycles. The van der Waals surface area contributed by atoms with E-state index in [2.05, 4.69) is 4.90 Å². The maximum atomic E-state index is 13.2. The molecule has 0 atom stereocenters. The summed E-state index contributed by atoms with van der Waals surface area (Å²) in [5, 5.41) is 9.17. The third-order valence-electron chi connectivity index (χ3n) is 5.14. The van der Waals surface area contributed by atoms with Gasteiger partial charge in [0.05, 0.1) is 11.5 Å². The molecule has 1 aliphatic heterocycles. The third kappa shape index (κ3) is 3.69. The highest BCUT2D eigenvalue weighted by molar-refractivity contribution is 7.93. The monoisotopic (exact) mass is 404 g/mol. The highest BCUT2D eigenvalue weighted by Crippen LogP contribution is 2.39. The van der Waals surface area contributed by atoms with Crippen LogP contribution in [0.15, 0.2) is 29.2 Å². The number of carbonyl (C=O) groups excluding carboxylic acids is 1. The Kier molecular flexibility index (Phi) is 6.55. The summed E-state index contributed by atoms with van der Waals surface area (Å²) in [5.41, 5.74) is 1.58. The molecular formula is C17H25ClN2O5S. The molecule has 2 fully saturated rings. The van der Waals surface area contributed by atoms with Gasteiger partial charge >= 0.3 is 0 Å². The molecule has 146 valence electrons. The topological polar surface area (TPSA) is 95.9 Å². The molecule has 0 aromatic heterocycles. The molecule has 1 aromatic rings. The third-order valence-corrected chi connectivity index (χ3v) is 7.66. The molecule has 7 nitrogen and oxygen atoms in total. The largest absolute Gasteiger partial charge is 0.494 e. The van der Waals surface area contributed by atoms with E-state index in [1.807, 2.05) is 6.92 Å². The molecule has 1 aliphatic carbocycles. The first-order valence-corrected chi connectivity index (χ1v) is 10.1. The first kappa shape index (κ1) is 21.0. The lowest BCUT2D eigenvalue weighted by molar-refractivity contribution is -0.133. The first-order valence-electron chi connectivity index (χ1n) is 8.60. The Balaban J connectivity index is 0.00000243. The van der Waals surface area contributed by atoms with Crippen LogP contribution in [0.4, 0.5) is 0 Å². The molecule has 26 heavy (non-hydrogen) atoms. The zero-order chi connectivity index (χ0) is 18.1. The molecule has 0 spiro atoms. The van der Waals surface area contributed by atoms with Gasteiger partial charge in [-0.25, -0.2) is 13.9 Å². The average Bonchev–Trinajstić information content (AvgIpc) is 3.47. The molecule has 1 heterocycles. The van der Waals surface area contributed by atoms with Crippen molar-refractivity contribution in [1.82, 2.24) is 10.4 Å². The van der Waals surface area contributed by atoms with Gasteiger partial charge in [-0.3, -0.25) is 10.0 Å². The summed E-state index contributed by atoms with van der Waals surface area (Å²) in [6.07, 6.45) is 2.60. The standard InChI is InChI=1S/C17H24N2O5S.ClH/c1-2-24-14-5-7-15(8-6-14)25(22,23)17(16(20)18-21)9-11-19(12-10-17)13-3-4-13;/h5-8,13,21H,2-4,9-12H2,1H3,(H,18,20);1H. The van der Waals surface area contributed by atoms with E-state index in [4.69, 9.17) is 9.94 Å². The zero-order valence-corrected chi connectivity index (χ0v) is 16.3. The number of benzene rings is 1. The second-order valence-corrected chi connectivity index (χ2v) is 8.87. The summed E-state index contributed by atoms with van der Waals surface area (Å²) in [5.74, 6) is -0.275. The number of rotatable bonds is 6. The van der Waals surface area contributed by atoms with Gasteiger partial charge in [0.25, 0.3) is 5.91 Å². The minimum atomic E-state index is -3.95. The number of ether oxygens (including phenoxy) is 1. The molecule has 1 saturated carbocycles. The fourth-order valence-electron chi connectivity index (χ4n) is 3.52. The smallest absolute Gasteiger partial charge is 0.265 e. The van der Waals surface area contributed by atoms with Crippen LogP contribution in [0.2, 0.25) is 0 Å². The van der Waals surface area contributed by atoms with E-state index in [-0.39, 0.29) is 30.1 Å². The van der Waals surface area contributed by atoms with E-state index in [9.17, 15) is 13.2 Å². The van der Waals surface area contributed by atoms with Gasteiger partial charge in [0, 0.05) is 19.1 Å². The van der Waals surface area contributed by atoms with Crippen molar-refractivity contribution < 1.29 is 23.2 Å². The van der Waals surface area contributed by atoms with Crippen LogP contribution in [0.25, 0.3) is 0 Å². The van der Waals surface area contributed by atoms with Gasteiger partial charge in [0.2, 0.25) is 0 Å². The van der Waals surface area contributed by atoms with Gasteiger partial charge < -0.3 is 9.64 Å². The summed E-state index contributed by atoms with van der Waals surface area (Å²) in [4.78, 5) is 14.7. The van der Waals surface area contributed by atoms with Crippen LogP contribution in [0.5, 0.6) is 5.75 Å². The van der Waals surface area contributed by atoms with Crippen LogP contribution in [0.3, 0.4) is 0 Å². The number of halogens is 1. The summed E-state index contributed by atoms with van der Waals surface area (Å²) in [7, 11) is -3.95. The number of hydrogen-bond acceptors (Lipinski definition) is 6. The van der Waals surface area contributed by atoms with Gasteiger partial charge in [-0.1, -0.05) is 0 Å². The normalized spacial score (nSPS) is 20.1. The van der Waals surface area contributed by atoms with E-state index in [0.717, 1.165) is 12.8 Å². The van der Waals surface area contributed by atoms with Crippen molar-refractivity contribution in [2.45, 2.75) is 48.3 Å². The minimum Gasteiger partial charge on any atom is -0.494 e. The highest BCUT2D eigenvalue weighted by Gasteiger charge is 2.53. The number of carbonyl (C=O) groups is 1. The maximum absolute atomic E-state index is 13.2. The summed E-state index contributed by atoms with van der Waals surface area (Å²) in [6.45, 7) is 3.40. The van der Waals surface area contributed by atoms with Crippen LogP contribution in [0.1, 0.15) is 32.6 Å². The van der Waals surface area contributed by atoms with Crippen molar-refractivity contribution in [3.63, 3.8) is 0 Å². The van der Waals surface area contributed by atoms with Gasteiger partial charge in [-0.2, -0.15) is 0 Å². The predicted molar refractivity (Wildman–Crippen MR) is 98.5 cm³/mol. The molecular weight excluding hydrogens is 380 g/mol. The van der Waals surface area contributed by atoms with Crippen molar-refractivity contribution in [3.05, 3.63) is 24.3 Å². The molecule has 0 bridgehead atoms. The Morgan fingerprint density at radius 2 is 1.85 bits per heavy atom. The van der Waals surface area contributed by atoms with Crippen LogP contribution >= 0.6 is 12.4 Å². The number of hydroxylamine groups is 1. The Labute approximate surface area is 160 Å². The Bertz CT molecular complexity index is 726. The molecule has 2 aliphatic rings. The van der Waals surface area contributed by atoms with Crippen LogP contribution in [0, 0.1) is 0 Å². The number of likely N-dealkylation sites (tertiary alicyclic amines) is 1. The Morgan fingerprint density at radius 1 is 1.27 bits per heavy atom. The van der Waals surface area contributed by atoms with E-state index < -0.39 is 20.5 Å². The van der Waals surface area contributed by atoms with Gasteiger partial charge in [-0.15, -0.1) is 12.4 Å². The van der Waals surface area contributed by atoms with E-state index in [1.54, 1.807) is 17.6 Å². The first-order chi connectivity index (χ1) is 11.9. The lowest BCUT2D eigenvalue weighted by Crippen LogP contribution is -2.58. The van der Waals surface area contributed by atoms with E-state index in [1.165, 1.54) is 12.1 Å². The molecule has 1 saturated heterocycles. The quantitative estimate of drug-likeness (QED) is 0.554. The van der Waals surface area contributed by atoms with Crippen molar-refractivity contribution in [1.29, 1.82) is 0 Å². The number of nitrogens with zero attached hydrogens (tertiary/aromatic N) is 1. The SMILES string of the molecule is CCOc1ccc(S(=O)(=O)C2(C(=O)NO)CCN(C3CC3)CC2)cc1.Cl. The molecule has 9 heteroatoms. The molecule has 1 amide bonds. The second kappa shape index (κ2) is 8.12. The maximum Gasteiger partial charge on any atom is 0.265 e. The van der Waals surface area contributed by atoms with Gasteiger partial charge in [0.1, 0.15) is 5.75 Å². The fourth-order valence-corrected chi connectivity index (χ4v) is 5.47. The zero-order valence-electron chi connectivity index (χ0n) is 14.7. The molecule has 0 radical (unpaired) electrons. The Morgan fingerprint density at radius 3 is 2.31 bits per heavy atom. The number of hydrogen-bond donors (Lipinski definition) is 2. The number of nitrogens with one attached hydrogen (secondary N) is 1. The van der Waals surface area contributed by atoms with Crippen molar-refractivity contribution in [2.24, 2.45) is 0 Å². The second-order valence-electron chi connectivity index (χ2n) is 6.61. The summed E-state index contributed by atoms with van der Waals surface area (Å²) >= 11 is 0. The van der Waals surface area contributed by atoms with Crippen LogP contribution in [-0.2, 0) is 14.6 Å². The number of piperidine rings is 1.